The van der Waals surface area contributed by atoms with E-state index in [4.69, 9.17) is 9.57 Å². The monoisotopic (exact) mass is 521 g/mol. The molecule has 1 aromatic carbocycles. The van der Waals surface area contributed by atoms with Crippen LogP contribution in [-0.4, -0.2) is 44.4 Å². The van der Waals surface area contributed by atoms with Gasteiger partial charge in [0.1, 0.15) is 17.3 Å². The Morgan fingerprint density at radius 3 is 2.70 bits per heavy atom. The first-order valence-electron chi connectivity index (χ1n) is 12.2. The van der Waals surface area contributed by atoms with Crippen LogP contribution in [0.15, 0.2) is 53.7 Å². The number of aromatic nitrogens is 3. The number of halogens is 1. The van der Waals surface area contributed by atoms with E-state index < -0.39 is 26.3 Å². The highest BCUT2D eigenvalue weighted by Gasteiger charge is 2.67. The molecule has 0 N–H and O–H groups in total. The fourth-order valence-corrected chi connectivity index (χ4v) is 7.83. The summed E-state index contributed by atoms with van der Waals surface area (Å²) in [5.41, 5.74) is 3.37. The number of hydrogen-bond acceptors (Lipinski definition) is 7. The Kier molecular flexibility index (Phi) is 4.50. The van der Waals surface area contributed by atoms with Gasteiger partial charge in [0.05, 0.1) is 35.3 Å². The van der Waals surface area contributed by atoms with Crippen LogP contribution in [0.2, 0.25) is 0 Å². The molecule has 1 aliphatic carbocycles. The molecule has 37 heavy (non-hydrogen) atoms. The summed E-state index contributed by atoms with van der Waals surface area (Å²) < 4.78 is 49.6. The summed E-state index contributed by atoms with van der Waals surface area (Å²) in [4.78, 5) is 14.2. The third-order valence-corrected chi connectivity index (χ3v) is 10.3. The van der Waals surface area contributed by atoms with Crippen molar-refractivity contribution in [2.24, 2.45) is 5.16 Å². The summed E-state index contributed by atoms with van der Waals surface area (Å²) in [5.74, 6) is 0.531. The highest BCUT2D eigenvalue weighted by atomic mass is 32.2. The van der Waals surface area contributed by atoms with Gasteiger partial charge in [0, 0.05) is 30.7 Å². The van der Waals surface area contributed by atoms with Crippen molar-refractivity contribution in [2.75, 3.05) is 6.61 Å². The molecular weight excluding hydrogens is 497 g/mol. The zero-order valence-corrected chi connectivity index (χ0v) is 21.1. The third kappa shape index (κ3) is 3.13. The molecule has 0 radical (unpaired) electrons. The minimum Gasteiger partial charge on any atom is -0.491 e. The number of pyridine rings is 1. The summed E-state index contributed by atoms with van der Waals surface area (Å²) >= 11 is 0. The molecule has 1 unspecified atom stereocenters. The van der Waals surface area contributed by atoms with Crippen molar-refractivity contribution in [1.82, 2.24) is 18.8 Å². The van der Waals surface area contributed by atoms with Gasteiger partial charge in [0.15, 0.2) is 5.84 Å². The van der Waals surface area contributed by atoms with E-state index in [2.05, 4.69) is 15.1 Å². The molecule has 5 heterocycles. The van der Waals surface area contributed by atoms with Crippen LogP contribution in [0.5, 0.6) is 5.75 Å². The second-order valence-corrected chi connectivity index (χ2v) is 12.3. The first kappa shape index (κ1) is 22.5. The van der Waals surface area contributed by atoms with Crippen LogP contribution in [0, 0.1) is 12.7 Å². The molecule has 190 valence electrons. The molecule has 0 amide bonds. The number of oxime groups is 1. The average molecular weight is 522 g/mol. The van der Waals surface area contributed by atoms with Gasteiger partial charge in [-0.05, 0) is 56.0 Å². The maximum Gasteiger partial charge on any atom is 0.264 e. The van der Waals surface area contributed by atoms with Crippen molar-refractivity contribution >= 4 is 21.9 Å². The number of imidazole rings is 1. The van der Waals surface area contributed by atoms with Gasteiger partial charge in [0.2, 0.25) is 10.0 Å². The Morgan fingerprint density at radius 1 is 1.16 bits per heavy atom. The molecule has 7 rings (SSSR count). The quantitative estimate of drug-likeness (QED) is 0.520. The van der Waals surface area contributed by atoms with Crippen molar-refractivity contribution < 1.29 is 22.4 Å². The fourth-order valence-electron chi connectivity index (χ4n) is 5.53. The van der Waals surface area contributed by atoms with E-state index in [-0.39, 0.29) is 11.5 Å². The van der Waals surface area contributed by atoms with Crippen LogP contribution in [0.1, 0.15) is 48.7 Å². The number of aryl methyl sites for hydroxylation is 1. The minimum absolute atomic E-state index is 0.244. The molecule has 9 nitrogen and oxygen atoms in total. The van der Waals surface area contributed by atoms with Gasteiger partial charge < -0.3 is 14.1 Å². The Balaban J connectivity index is 1.34. The van der Waals surface area contributed by atoms with E-state index in [0.717, 1.165) is 46.4 Å². The van der Waals surface area contributed by atoms with Crippen molar-refractivity contribution in [3.63, 3.8) is 0 Å². The molecule has 4 aliphatic rings. The van der Waals surface area contributed by atoms with Crippen molar-refractivity contribution in [1.29, 1.82) is 0 Å². The molecule has 1 atom stereocenters. The number of hydrogen-bond donors (Lipinski definition) is 0. The normalized spacial score (nSPS) is 25.4. The van der Waals surface area contributed by atoms with Gasteiger partial charge in [-0.3, -0.25) is 4.98 Å². The van der Waals surface area contributed by atoms with E-state index >= 15 is 0 Å². The lowest BCUT2D eigenvalue weighted by Gasteiger charge is -2.39. The van der Waals surface area contributed by atoms with Crippen LogP contribution in [0.3, 0.4) is 0 Å². The molecule has 0 bridgehead atoms. The number of ether oxygens (including phenoxy) is 1. The second kappa shape index (κ2) is 7.41. The van der Waals surface area contributed by atoms with Crippen molar-refractivity contribution in [3.8, 4) is 11.4 Å². The highest BCUT2D eigenvalue weighted by molar-refractivity contribution is 7.91. The first-order valence-corrected chi connectivity index (χ1v) is 13.6. The van der Waals surface area contributed by atoms with Crippen molar-refractivity contribution in [3.05, 3.63) is 76.9 Å². The Labute approximate surface area is 213 Å². The molecule has 3 aromatic rings. The molecular formula is C26H24FN5O4S. The molecule has 3 aliphatic heterocycles. The van der Waals surface area contributed by atoms with Gasteiger partial charge in [-0.1, -0.05) is 11.2 Å². The lowest BCUT2D eigenvalue weighted by Crippen LogP contribution is -2.55. The molecule has 1 spiro atoms. The summed E-state index contributed by atoms with van der Waals surface area (Å²) in [6.45, 7) is 4.11. The number of amidine groups is 1. The van der Waals surface area contributed by atoms with Gasteiger partial charge in [-0.25, -0.2) is 22.1 Å². The number of nitrogens with zero attached hydrogens (tertiary/aromatic N) is 5. The van der Waals surface area contributed by atoms with Gasteiger partial charge in [0.25, 0.3) is 5.72 Å². The zero-order valence-electron chi connectivity index (χ0n) is 20.3. The number of benzene rings is 1. The predicted molar refractivity (Wildman–Crippen MR) is 133 cm³/mol. The lowest BCUT2D eigenvalue weighted by molar-refractivity contribution is -0.0646. The largest absolute Gasteiger partial charge is 0.491 e. The summed E-state index contributed by atoms with van der Waals surface area (Å²) in [6.07, 6.45) is 8.97. The van der Waals surface area contributed by atoms with E-state index in [1.54, 1.807) is 13.3 Å². The summed E-state index contributed by atoms with van der Waals surface area (Å²) in [7, 11) is -3.80. The predicted octanol–water partition coefficient (Wildman–Crippen LogP) is 3.82. The SMILES string of the molecule is Cc1cn(-c2ccc(C=C3CC4(CC4)S(=O)(=O)N4C3=NOC4(C)c3ccc(F)cn3)c3c2OCC3)cn1. The fraction of sp³-hybridized carbons (Fsp3) is 0.346. The zero-order chi connectivity index (χ0) is 25.6. The molecule has 2 fully saturated rings. The van der Waals surface area contributed by atoms with Crippen LogP contribution in [-0.2, 0) is 27.0 Å². The van der Waals surface area contributed by atoms with E-state index in [1.807, 2.05) is 35.9 Å². The molecule has 2 aromatic heterocycles. The van der Waals surface area contributed by atoms with E-state index in [1.165, 1.54) is 16.4 Å². The van der Waals surface area contributed by atoms with Gasteiger partial charge >= 0.3 is 0 Å². The number of fused-ring (bicyclic) bond motifs is 2. The van der Waals surface area contributed by atoms with Crippen LogP contribution < -0.4 is 4.74 Å². The first-order chi connectivity index (χ1) is 17.7. The Hall–Kier alpha value is -3.73. The maximum atomic E-state index is 13.8. The standard InChI is InChI=1S/C26H24FN5O4S/c1-16-14-31(15-29-16)21-5-3-17(20-7-10-35-23(20)21)11-18-12-26(8-9-26)37(33,34)32-24(18)30-36-25(32,2)22-6-4-19(27)13-28-22/h3-6,11,13-15H,7-10,12H2,1-2H3. The lowest BCUT2D eigenvalue weighted by atomic mass is 9.97. The molecule has 1 saturated heterocycles. The van der Waals surface area contributed by atoms with Crippen LogP contribution in [0.4, 0.5) is 4.39 Å². The second-order valence-electron chi connectivity index (χ2n) is 10.2. The average Bonchev–Trinajstić information content (AvgIpc) is 3.20. The maximum absolute atomic E-state index is 13.8. The Morgan fingerprint density at radius 2 is 2.00 bits per heavy atom. The molecule has 1 saturated carbocycles. The summed E-state index contributed by atoms with van der Waals surface area (Å²) in [5, 5.41) is 4.26. The van der Waals surface area contributed by atoms with Crippen molar-refractivity contribution in [2.45, 2.75) is 50.0 Å². The van der Waals surface area contributed by atoms with E-state index in [0.29, 0.717) is 25.9 Å². The minimum atomic E-state index is -3.80. The molecule has 11 heteroatoms. The highest BCUT2D eigenvalue weighted by Crippen LogP contribution is 2.57. The Bertz CT molecular complexity index is 1620. The van der Waals surface area contributed by atoms with Crippen LogP contribution in [0.25, 0.3) is 11.8 Å². The van der Waals surface area contributed by atoms with E-state index in [9.17, 15) is 12.8 Å². The summed E-state index contributed by atoms with van der Waals surface area (Å²) in [6, 6.07) is 6.68. The van der Waals surface area contributed by atoms with Crippen LogP contribution >= 0.6 is 0 Å². The topological polar surface area (TPSA) is 98.9 Å². The number of sulfonamides is 1. The smallest absolute Gasteiger partial charge is 0.264 e. The van der Waals surface area contributed by atoms with Gasteiger partial charge in [-0.2, -0.15) is 0 Å². The third-order valence-electron chi connectivity index (χ3n) is 7.68. The van der Waals surface area contributed by atoms with Gasteiger partial charge in [-0.15, -0.1) is 0 Å². The number of rotatable bonds is 3.